The average molecular weight is 463 g/mol. The minimum Gasteiger partial charge on any atom is -0.481 e. The van der Waals surface area contributed by atoms with E-state index < -0.39 is 12.1 Å². The Hall–Kier alpha value is -3.35. The lowest BCUT2D eigenvalue weighted by atomic mass is 9.94. The predicted molar refractivity (Wildman–Crippen MR) is 126 cm³/mol. The van der Waals surface area contributed by atoms with Crippen LogP contribution < -0.4 is 5.32 Å². The van der Waals surface area contributed by atoms with Crippen molar-refractivity contribution in [3.8, 4) is 11.1 Å². The Morgan fingerprint density at radius 2 is 1.53 bits per heavy atom. The molecule has 7 heteroatoms. The van der Waals surface area contributed by atoms with Crippen LogP contribution in [0, 0.1) is 11.8 Å². The van der Waals surface area contributed by atoms with Crippen molar-refractivity contribution >= 4 is 18.0 Å². The number of hydrogen-bond donors (Lipinski definition) is 2. The molecule has 1 aliphatic heterocycles. The third-order valence-electron chi connectivity index (χ3n) is 7.64. The summed E-state index contributed by atoms with van der Waals surface area (Å²) in [6.45, 7) is 1.17. The number of carbonyl (C=O) groups is 3. The number of benzene rings is 2. The molecule has 2 unspecified atom stereocenters. The second kappa shape index (κ2) is 9.49. The highest BCUT2D eigenvalue weighted by Gasteiger charge is 2.38. The number of nitrogens with one attached hydrogen (secondary N) is 1. The number of aliphatic carboxylic acids is 1. The highest BCUT2D eigenvalue weighted by atomic mass is 16.5. The maximum atomic E-state index is 13.1. The van der Waals surface area contributed by atoms with Crippen molar-refractivity contribution in [1.82, 2.24) is 10.2 Å². The summed E-state index contributed by atoms with van der Waals surface area (Å²) in [5, 5.41) is 12.1. The molecular formula is C27H30N2O5. The monoisotopic (exact) mass is 462 g/mol. The van der Waals surface area contributed by atoms with Gasteiger partial charge < -0.3 is 20.1 Å². The van der Waals surface area contributed by atoms with E-state index in [2.05, 4.69) is 29.6 Å². The zero-order valence-corrected chi connectivity index (χ0v) is 19.1. The molecule has 2 atom stereocenters. The van der Waals surface area contributed by atoms with E-state index in [1.807, 2.05) is 24.3 Å². The molecular weight excluding hydrogens is 432 g/mol. The first-order chi connectivity index (χ1) is 16.5. The van der Waals surface area contributed by atoms with Crippen LogP contribution in [-0.2, 0) is 14.3 Å². The molecule has 0 aromatic heterocycles. The normalized spacial score (nSPS) is 22.2. The Bertz CT molecular complexity index is 1050. The molecule has 2 aliphatic carbocycles. The highest BCUT2D eigenvalue weighted by molar-refractivity contribution is 5.82. The summed E-state index contributed by atoms with van der Waals surface area (Å²) in [6.07, 6.45) is 2.82. The quantitative estimate of drug-likeness (QED) is 0.700. The lowest BCUT2D eigenvalue weighted by Gasteiger charge is -2.33. The van der Waals surface area contributed by atoms with Crippen molar-refractivity contribution < 1.29 is 24.2 Å². The number of hydrogen-bond acceptors (Lipinski definition) is 4. The van der Waals surface area contributed by atoms with Gasteiger partial charge in [-0.05, 0) is 47.9 Å². The van der Waals surface area contributed by atoms with Crippen LogP contribution in [0.15, 0.2) is 48.5 Å². The van der Waals surface area contributed by atoms with Crippen LogP contribution in [0.1, 0.15) is 49.1 Å². The molecule has 2 aromatic carbocycles. The summed E-state index contributed by atoms with van der Waals surface area (Å²) in [7, 11) is 0. The molecule has 0 bridgehead atoms. The fourth-order valence-electron chi connectivity index (χ4n) is 5.80. The average Bonchev–Trinajstić information content (AvgIpc) is 3.45. The third kappa shape index (κ3) is 4.27. The molecule has 0 radical (unpaired) electrons. The minimum absolute atomic E-state index is 0.00492. The number of carboxylic acid groups (broad SMARTS) is 1. The second-order valence-electron chi connectivity index (χ2n) is 9.55. The molecule has 1 heterocycles. The molecule has 2 aromatic rings. The summed E-state index contributed by atoms with van der Waals surface area (Å²) in [6, 6.07) is 16.2. The molecule has 5 rings (SSSR count). The predicted octanol–water partition coefficient (Wildman–Crippen LogP) is 4.02. The largest absolute Gasteiger partial charge is 0.481 e. The number of nitrogens with zero attached hydrogens (tertiary/aromatic N) is 1. The van der Waals surface area contributed by atoms with E-state index in [4.69, 9.17) is 4.74 Å². The zero-order chi connectivity index (χ0) is 23.7. The van der Waals surface area contributed by atoms with Gasteiger partial charge in [0.05, 0.1) is 11.8 Å². The maximum Gasteiger partial charge on any atom is 0.407 e. The molecule has 178 valence electrons. The van der Waals surface area contributed by atoms with E-state index >= 15 is 0 Å². The Morgan fingerprint density at radius 1 is 0.912 bits per heavy atom. The van der Waals surface area contributed by atoms with Gasteiger partial charge in [0.1, 0.15) is 6.61 Å². The standard InChI is InChI=1S/C27H30N2O5/c30-25(29-14-12-17(13-15-29)26(31)32)22-10-5-11-24(22)28-27(33)34-16-23-20-8-3-1-6-18(20)19-7-2-4-9-21(19)23/h1-4,6-9,17,22-24H,5,10-16H2,(H,28,33)(H,31,32). The molecule has 0 spiro atoms. The first-order valence-corrected chi connectivity index (χ1v) is 12.2. The van der Waals surface area contributed by atoms with Crippen LogP contribution in [0.5, 0.6) is 0 Å². The molecule has 2 fully saturated rings. The van der Waals surface area contributed by atoms with Gasteiger partial charge in [-0.15, -0.1) is 0 Å². The smallest absolute Gasteiger partial charge is 0.407 e. The van der Waals surface area contributed by atoms with Crippen LogP contribution in [0.4, 0.5) is 4.79 Å². The minimum atomic E-state index is -0.789. The highest BCUT2D eigenvalue weighted by Crippen LogP contribution is 2.44. The summed E-state index contributed by atoms with van der Waals surface area (Å²) < 4.78 is 5.68. The van der Waals surface area contributed by atoms with Crippen molar-refractivity contribution in [3.63, 3.8) is 0 Å². The molecule has 2 N–H and O–H groups in total. The van der Waals surface area contributed by atoms with Crippen LogP contribution in [-0.4, -0.2) is 53.7 Å². The number of fused-ring (bicyclic) bond motifs is 3. The Morgan fingerprint density at radius 3 is 2.15 bits per heavy atom. The lowest BCUT2D eigenvalue weighted by molar-refractivity contribution is -0.146. The number of carbonyl (C=O) groups excluding carboxylic acids is 2. The Balaban J connectivity index is 1.18. The van der Waals surface area contributed by atoms with Crippen LogP contribution >= 0.6 is 0 Å². The lowest BCUT2D eigenvalue weighted by Crippen LogP contribution is -2.48. The first kappa shape index (κ1) is 22.4. The fraction of sp³-hybridized carbons (Fsp3) is 0.444. The number of rotatable bonds is 5. The van der Waals surface area contributed by atoms with Gasteiger partial charge in [-0.2, -0.15) is 0 Å². The summed E-state index contributed by atoms with van der Waals surface area (Å²) in [5.74, 6) is -1.42. The van der Waals surface area contributed by atoms with E-state index in [9.17, 15) is 19.5 Å². The number of carboxylic acids is 1. The zero-order valence-electron chi connectivity index (χ0n) is 19.1. The molecule has 7 nitrogen and oxygen atoms in total. The van der Waals surface area contributed by atoms with E-state index in [1.165, 1.54) is 11.1 Å². The molecule has 34 heavy (non-hydrogen) atoms. The number of ether oxygens (including phenoxy) is 1. The van der Waals surface area contributed by atoms with Crippen molar-refractivity contribution in [2.24, 2.45) is 11.8 Å². The molecule has 3 aliphatic rings. The van der Waals surface area contributed by atoms with Gasteiger partial charge in [0.2, 0.25) is 5.91 Å². The number of amides is 2. The van der Waals surface area contributed by atoms with E-state index in [1.54, 1.807) is 4.90 Å². The van der Waals surface area contributed by atoms with Gasteiger partial charge in [-0.3, -0.25) is 9.59 Å². The van der Waals surface area contributed by atoms with Gasteiger partial charge >= 0.3 is 12.1 Å². The SMILES string of the molecule is O=C(NC1CCCC1C(=O)N1CCC(C(=O)O)CC1)OCC1c2ccccc2-c2ccccc21. The van der Waals surface area contributed by atoms with Gasteiger partial charge in [0.25, 0.3) is 0 Å². The summed E-state index contributed by atoms with van der Waals surface area (Å²) >= 11 is 0. The number of piperidine rings is 1. The summed E-state index contributed by atoms with van der Waals surface area (Å²) in [5.41, 5.74) is 4.69. The Kier molecular flexibility index (Phi) is 6.26. The van der Waals surface area contributed by atoms with Crippen molar-refractivity contribution in [3.05, 3.63) is 59.7 Å². The third-order valence-corrected chi connectivity index (χ3v) is 7.64. The number of alkyl carbamates (subject to hydrolysis) is 1. The van der Waals surface area contributed by atoms with Gasteiger partial charge in [0.15, 0.2) is 0 Å². The van der Waals surface area contributed by atoms with Crippen LogP contribution in [0.2, 0.25) is 0 Å². The van der Waals surface area contributed by atoms with Gasteiger partial charge in [-0.25, -0.2) is 4.79 Å². The van der Waals surface area contributed by atoms with E-state index in [0.717, 1.165) is 30.4 Å². The molecule has 2 amide bonds. The Labute approximate surface area is 199 Å². The van der Waals surface area contributed by atoms with Crippen molar-refractivity contribution in [2.45, 2.75) is 44.1 Å². The van der Waals surface area contributed by atoms with Gasteiger partial charge in [0, 0.05) is 25.0 Å². The van der Waals surface area contributed by atoms with E-state index in [-0.39, 0.29) is 36.3 Å². The molecule has 1 saturated heterocycles. The van der Waals surface area contributed by atoms with Crippen molar-refractivity contribution in [2.75, 3.05) is 19.7 Å². The van der Waals surface area contributed by atoms with Crippen LogP contribution in [0.3, 0.4) is 0 Å². The molecule has 1 saturated carbocycles. The summed E-state index contributed by atoms with van der Waals surface area (Å²) in [4.78, 5) is 38.8. The first-order valence-electron chi connectivity index (χ1n) is 12.2. The van der Waals surface area contributed by atoms with E-state index in [0.29, 0.717) is 25.9 Å². The van der Waals surface area contributed by atoms with Gasteiger partial charge in [-0.1, -0.05) is 55.0 Å². The fourth-order valence-corrected chi connectivity index (χ4v) is 5.80. The van der Waals surface area contributed by atoms with Crippen molar-refractivity contribution in [1.29, 1.82) is 0 Å². The topological polar surface area (TPSA) is 95.9 Å². The van der Waals surface area contributed by atoms with Crippen LogP contribution in [0.25, 0.3) is 11.1 Å². The number of likely N-dealkylation sites (tertiary alicyclic amines) is 1. The maximum absolute atomic E-state index is 13.1. The second-order valence-corrected chi connectivity index (χ2v) is 9.55.